The SMILES string of the molecule is O=C(OC12CC3CC(CC(C3)C1)C2)C1NCCC=C1C=NO. The third kappa shape index (κ3) is 2.45. The van der Waals surface area contributed by atoms with Crippen molar-refractivity contribution < 1.29 is 14.7 Å². The van der Waals surface area contributed by atoms with Gasteiger partial charge in [0.2, 0.25) is 0 Å². The van der Waals surface area contributed by atoms with Gasteiger partial charge in [-0.25, -0.2) is 4.79 Å². The van der Waals surface area contributed by atoms with E-state index in [1.165, 1.54) is 25.5 Å². The van der Waals surface area contributed by atoms with Crippen molar-refractivity contribution in [2.75, 3.05) is 6.54 Å². The van der Waals surface area contributed by atoms with Crippen molar-refractivity contribution in [1.29, 1.82) is 0 Å². The average Bonchev–Trinajstić information content (AvgIpc) is 2.46. The minimum absolute atomic E-state index is 0.201. The Morgan fingerprint density at radius 2 is 1.91 bits per heavy atom. The zero-order valence-electron chi connectivity index (χ0n) is 12.8. The molecule has 1 heterocycles. The van der Waals surface area contributed by atoms with Crippen LogP contribution < -0.4 is 5.32 Å². The summed E-state index contributed by atoms with van der Waals surface area (Å²) in [5.74, 6) is 2.07. The molecular weight excluding hydrogens is 280 g/mol. The lowest BCUT2D eigenvalue weighted by Gasteiger charge is -2.55. The molecule has 0 aromatic rings. The van der Waals surface area contributed by atoms with Crippen LogP contribution in [0.3, 0.4) is 0 Å². The van der Waals surface area contributed by atoms with Crippen molar-refractivity contribution in [3.63, 3.8) is 0 Å². The van der Waals surface area contributed by atoms with Crippen molar-refractivity contribution in [2.45, 2.75) is 56.6 Å². The van der Waals surface area contributed by atoms with E-state index in [0.29, 0.717) is 5.57 Å². The molecule has 1 aliphatic heterocycles. The first-order valence-corrected chi connectivity index (χ1v) is 8.51. The summed E-state index contributed by atoms with van der Waals surface area (Å²) in [6.45, 7) is 0.753. The predicted octanol–water partition coefficient (Wildman–Crippen LogP) is 2.25. The molecule has 1 atom stereocenters. The van der Waals surface area contributed by atoms with Gasteiger partial charge in [-0.2, -0.15) is 0 Å². The van der Waals surface area contributed by atoms with E-state index < -0.39 is 6.04 Å². The lowest BCUT2D eigenvalue weighted by atomic mass is 9.54. The summed E-state index contributed by atoms with van der Waals surface area (Å²) >= 11 is 0. The van der Waals surface area contributed by atoms with Crippen molar-refractivity contribution in [2.24, 2.45) is 22.9 Å². The molecule has 0 aromatic heterocycles. The minimum atomic E-state index is -0.488. The Bertz CT molecular complexity index is 491. The van der Waals surface area contributed by atoms with E-state index in [4.69, 9.17) is 9.94 Å². The molecule has 22 heavy (non-hydrogen) atoms. The number of ether oxygens (including phenoxy) is 1. The van der Waals surface area contributed by atoms with E-state index in [0.717, 1.165) is 50.0 Å². The third-order valence-electron chi connectivity index (χ3n) is 5.95. The van der Waals surface area contributed by atoms with Gasteiger partial charge >= 0.3 is 5.97 Å². The fraction of sp³-hybridized carbons (Fsp3) is 0.765. The van der Waals surface area contributed by atoms with Crippen molar-refractivity contribution >= 4 is 12.2 Å². The molecule has 0 spiro atoms. The highest BCUT2D eigenvalue weighted by molar-refractivity contribution is 5.92. The average molecular weight is 304 g/mol. The minimum Gasteiger partial charge on any atom is -0.458 e. The van der Waals surface area contributed by atoms with Crippen molar-refractivity contribution in [3.8, 4) is 0 Å². The zero-order valence-corrected chi connectivity index (χ0v) is 12.8. The van der Waals surface area contributed by atoms with Gasteiger partial charge in [0, 0.05) is 0 Å². The second-order valence-electron chi connectivity index (χ2n) is 7.65. The highest BCUT2D eigenvalue weighted by Gasteiger charge is 2.53. The second kappa shape index (κ2) is 5.37. The number of carbonyl (C=O) groups is 1. The molecule has 4 bridgehead atoms. The Labute approximate surface area is 130 Å². The fourth-order valence-electron chi connectivity index (χ4n) is 5.54. The molecule has 2 N–H and O–H groups in total. The van der Waals surface area contributed by atoms with E-state index in [-0.39, 0.29) is 11.6 Å². The van der Waals surface area contributed by atoms with Gasteiger partial charge in [0.1, 0.15) is 11.6 Å². The Kier molecular flexibility index (Phi) is 3.48. The molecular formula is C17H24N2O3. The van der Waals surface area contributed by atoms with Crippen LogP contribution in [0.1, 0.15) is 44.9 Å². The first-order valence-electron chi connectivity index (χ1n) is 8.51. The van der Waals surface area contributed by atoms with E-state index in [2.05, 4.69) is 10.5 Å². The van der Waals surface area contributed by atoms with Crippen LogP contribution in [-0.2, 0) is 9.53 Å². The topological polar surface area (TPSA) is 70.9 Å². The summed E-state index contributed by atoms with van der Waals surface area (Å²) in [6, 6.07) is -0.488. The number of hydrogen-bond donors (Lipinski definition) is 2. The molecule has 120 valence electrons. The Hall–Kier alpha value is -1.36. The number of esters is 1. The molecule has 0 aromatic carbocycles. The van der Waals surface area contributed by atoms with Crippen LogP contribution in [0.5, 0.6) is 0 Å². The van der Waals surface area contributed by atoms with Gasteiger partial charge in [-0.1, -0.05) is 11.2 Å². The summed E-state index contributed by atoms with van der Waals surface area (Å²) in [7, 11) is 0. The number of nitrogens with one attached hydrogen (secondary N) is 1. The standard InChI is InChI=1S/C17H24N2O3/c20-16(15-14(10-19-21)2-1-3-18-15)22-17-7-11-4-12(8-17)6-13(5-11)9-17/h2,10-13,15,18,21H,1,3-9H2. The Balaban J connectivity index is 1.50. The molecule has 5 aliphatic rings. The maximum absolute atomic E-state index is 12.7. The maximum atomic E-state index is 12.7. The van der Waals surface area contributed by atoms with E-state index in [1.54, 1.807) is 0 Å². The number of nitrogens with zero attached hydrogens (tertiary/aromatic N) is 1. The van der Waals surface area contributed by atoms with Gasteiger partial charge in [-0.05, 0) is 74.8 Å². The lowest BCUT2D eigenvalue weighted by Crippen LogP contribution is -2.55. The number of hydrogen-bond acceptors (Lipinski definition) is 5. The Morgan fingerprint density at radius 1 is 1.27 bits per heavy atom. The normalized spacial score (nSPS) is 43.4. The first kappa shape index (κ1) is 14.2. The molecule has 0 radical (unpaired) electrons. The molecule has 4 saturated carbocycles. The molecule has 1 unspecified atom stereocenters. The summed E-state index contributed by atoms with van der Waals surface area (Å²) < 4.78 is 6.08. The summed E-state index contributed by atoms with van der Waals surface area (Å²) in [6.07, 6.45) is 11.3. The molecule has 0 saturated heterocycles. The van der Waals surface area contributed by atoms with E-state index in [1.807, 2.05) is 6.08 Å². The van der Waals surface area contributed by atoms with Gasteiger partial charge in [0.15, 0.2) is 0 Å². The molecule has 4 fully saturated rings. The monoisotopic (exact) mass is 304 g/mol. The molecule has 5 heteroatoms. The van der Waals surface area contributed by atoms with Gasteiger partial charge in [-0.3, -0.25) is 0 Å². The highest BCUT2D eigenvalue weighted by Crippen LogP contribution is 2.57. The molecule has 0 amide bonds. The molecule has 5 rings (SSSR count). The second-order valence-corrected chi connectivity index (χ2v) is 7.65. The number of rotatable bonds is 3. The predicted molar refractivity (Wildman–Crippen MR) is 81.8 cm³/mol. The quantitative estimate of drug-likeness (QED) is 0.363. The maximum Gasteiger partial charge on any atom is 0.328 e. The van der Waals surface area contributed by atoms with E-state index >= 15 is 0 Å². The van der Waals surface area contributed by atoms with E-state index in [9.17, 15) is 4.79 Å². The van der Waals surface area contributed by atoms with Crippen LogP contribution in [-0.4, -0.2) is 35.6 Å². The van der Waals surface area contributed by atoms with Gasteiger partial charge in [-0.15, -0.1) is 0 Å². The zero-order chi connectivity index (χ0) is 15.2. The number of carbonyl (C=O) groups excluding carboxylic acids is 1. The van der Waals surface area contributed by atoms with Crippen LogP contribution in [0.15, 0.2) is 16.8 Å². The fourth-order valence-corrected chi connectivity index (χ4v) is 5.54. The largest absolute Gasteiger partial charge is 0.458 e. The molecule has 4 aliphatic carbocycles. The first-order chi connectivity index (χ1) is 10.7. The van der Waals surface area contributed by atoms with Crippen molar-refractivity contribution in [1.82, 2.24) is 5.32 Å². The lowest BCUT2D eigenvalue weighted by molar-refractivity contribution is -0.187. The van der Waals surface area contributed by atoms with Gasteiger partial charge in [0.25, 0.3) is 0 Å². The molecule has 5 nitrogen and oxygen atoms in total. The van der Waals surface area contributed by atoms with Gasteiger partial charge < -0.3 is 15.3 Å². The number of oxime groups is 1. The van der Waals surface area contributed by atoms with Crippen LogP contribution in [0.2, 0.25) is 0 Å². The van der Waals surface area contributed by atoms with Crippen LogP contribution in [0.25, 0.3) is 0 Å². The summed E-state index contributed by atoms with van der Waals surface area (Å²) in [5, 5.41) is 15.0. The Morgan fingerprint density at radius 3 is 2.50 bits per heavy atom. The van der Waals surface area contributed by atoms with Crippen LogP contribution in [0.4, 0.5) is 0 Å². The third-order valence-corrected chi connectivity index (χ3v) is 5.95. The van der Waals surface area contributed by atoms with Crippen LogP contribution >= 0.6 is 0 Å². The summed E-state index contributed by atoms with van der Waals surface area (Å²) in [4.78, 5) is 12.7. The van der Waals surface area contributed by atoms with Gasteiger partial charge in [0.05, 0.1) is 6.21 Å². The smallest absolute Gasteiger partial charge is 0.328 e. The summed E-state index contributed by atoms with van der Waals surface area (Å²) in [5.41, 5.74) is 0.496. The van der Waals surface area contributed by atoms with Crippen LogP contribution in [0, 0.1) is 17.8 Å². The van der Waals surface area contributed by atoms with Crippen molar-refractivity contribution in [3.05, 3.63) is 11.6 Å². The highest BCUT2D eigenvalue weighted by atomic mass is 16.6.